The molecule has 1 N–H and O–H groups in total. The lowest BCUT2D eigenvalue weighted by Gasteiger charge is -2.46. The smallest absolute Gasteiger partial charge is 0.0362 e. The summed E-state index contributed by atoms with van der Waals surface area (Å²) in [5.41, 5.74) is 0.503. The molecule has 1 saturated carbocycles. The molecule has 2 aliphatic rings. The van der Waals surface area contributed by atoms with Gasteiger partial charge < -0.3 is 5.32 Å². The summed E-state index contributed by atoms with van der Waals surface area (Å²) in [4.78, 5) is 2.86. The van der Waals surface area contributed by atoms with Crippen molar-refractivity contribution in [2.45, 2.75) is 90.1 Å². The second-order valence-electron chi connectivity index (χ2n) is 7.44. The van der Waals surface area contributed by atoms with E-state index in [-0.39, 0.29) is 0 Å². The van der Waals surface area contributed by atoms with Crippen LogP contribution in [0.4, 0.5) is 0 Å². The molecule has 0 aromatic heterocycles. The highest BCUT2D eigenvalue weighted by Gasteiger charge is 2.45. The van der Waals surface area contributed by atoms with Crippen molar-refractivity contribution in [3.05, 3.63) is 0 Å². The molecule has 1 heterocycles. The van der Waals surface area contributed by atoms with Gasteiger partial charge in [0.15, 0.2) is 0 Å². The zero-order valence-corrected chi connectivity index (χ0v) is 14.1. The molecule has 2 heteroatoms. The van der Waals surface area contributed by atoms with Crippen LogP contribution in [0.3, 0.4) is 0 Å². The zero-order chi connectivity index (χ0) is 14.4. The Morgan fingerprint density at radius 3 is 2.20 bits per heavy atom. The molecule has 118 valence electrons. The summed E-state index contributed by atoms with van der Waals surface area (Å²) in [6.07, 6.45) is 12.8. The SMILES string of the molecule is CCNC(CCCC(C)C)C1(N2CCCC2)CCCC1. The van der Waals surface area contributed by atoms with E-state index in [0.717, 1.165) is 18.5 Å². The molecule has 1 unspecified atom stereocenters. The summed E-state index contributed by atoms with van der Waals surface area (Å²) in [7, 11) is 0. The number of hydrogen-bond acceptors (Lipinski definition) is 2. The van der Waals surface area contributed by atoms with Gasteiger partial charge in [-0.3, -0.25) is 4.90 Å². The molecule has 0 aromatic rings. The highest BCUT2D eigenvalue weighted by Crippen LogP contribution is 2.41. The van der Waals surface area contributed by atoms with Crippen molar-refractivity contribution in [2.75, 3.05) is 19.6 Å². The van der Waals surface area contributed by atoms with Gasteiger partial charge in [-0.1, -0.05) is 46.5 Å². The van der Waals surface area contributed by atoms with E-state index in [0.29, 0.717) is 5.54 Å². The van der Waals surface area contributed by atoms with Crippen molar-refractivity contribution in [3.63, 3.8) is 0 Å². The minimum absolute atomic E-state index is 0.503. The maximum Gasteiger partial charge on any atom is 0.0362 e. The van der Waals surface area contributed by atoms with Crippen molar-refractivity contribution in [3.8, 4) is 0 Å². The first-order chi connectivity index (χ1) is 9.69. The third-order valence-electron chi connectivity index (χ3n) is 5.58. The van der Waals surface area contributed by atoms with Crippen LogP contribution in [-0.2, 0) is 0 Å². The average Bonchev–Trinajstić information content (AvgIpc) is 3.09. The van der Waals surface area contributed by atoms with E-state index < -0.39 is 0 Å². The molecule has 0 spiro atoms. The van der Waals surface area contributed by atoms with Crippen LogP contribution in [0.2, 0.25) is 0 Å². The molecule has 1 aliphatic carbocycles. The van der Waals surface area contributed by atoms with Crippen LogP contribution < -0.4 is 5.32 Å². The Hall–Kier alpha value is -0.0800. The van der Waals surface area contributed by atoms with Crippen LogP contribution in [0.15, 0.2) is 0 Å². The van der Waals surface area contributed by atoms with E-state index in [1.165, 1.54) is 70.9 Å². The van der Waals surface area contributed by atoms with E-state index in [2.05, 4.69) is 31.0 Å². The third kappa shape index (κ3) is 3.76. The molecule has 20 heavy (non-hydrogen) atoms. The quantitative estimate of drug-likeness (QED) is 0.717. The Balaban J connectivity index is 2.02. The largest absolute Gasteiger partial charge is 0.312 e. The predicted molar refractivity (Wildman–Crippen MR) is 88.2 cm³/mol. The Morgan fingerprint density at radius 1 is 1.00 bits per heavy atom. The first kappa shape index (κ1) is 16.3. The van der Waals surface area contributed by atoms with Gasteiger partial charge in [-0.2, -0.15) is 0 Å². The summed E-state index contributed by atoms with van der Waals surface area (Å²) in [5.74, 6) is 0.851. The molecule has 2 nitrogen and oxygen atoms in total. The summed E-state index contributed by atoms with van der Waals surface area (Å²) in [5, 5.41) is 3.87. The molecule has 1 saturated heterocycles. The molecule has 2 fully saturated rings. The molecule has 1 atom stereocenters. The number of hydrogen-bond donors (Lipinski definition) is 1. The Labute approximate surface area is 126 Å². The Morgan fingerprint density at radius 2 is 1.65 bits per heavy atom. The van der Waals surface area contributed by atoms with Crippen molar-refractivity contribution >= 4 is 0 Å². The van der Waals surface area contributed by atoms with Gasteiger partial charge in [0.05, 0.1) is 0 Å². The molecular formula is C18H36N2. The van der Waals surface area contributed by atoms with Crippen LogP contribution in [0, 0.1) is 5.92 Å². The molecule has 1 aliphatic heterocycles. The fraction of sp³-hybridized carbons (Fsp3) is 1.00. The molecule has 0 radical (unpaired) electrons. The van der Waals surface area contributed by atoms with E-state index in [9.17, 15) is 0 Å². The summed E-state index contributed by atoms with van der Waals surface area (Å²) < 4.78 is 0. The second kappa shape index (κ2) is 7.79. The van der Waals surface area contributed by atoms with Gasteiger partial charge in [-0.25, -0.2) is 0 Å². The van der Waals surface area contributed by atoms with Gasteiger partial charge in [-0.05, 0) is 57.7 Å². The molecular weight excluding hydrogens is 244 g/mol. The second-order valence-corrected chi connectivity index (χ2v) is 7.44. The lowest BCUT2D eigenvalue weighted by molar-refractivity contribution is 0.0721. The van der Waals surface area contributed by atoms with Crippen molar-refractivity contribution in [1.82, 2.24) is 10.2 Å². The first-order valence-corrected chi connectivity index (χ1v) is 9.17. The van der Waals surface area contributed by atoms with Crippen LogP contribution in [0.5, 0.6) is 0 Å². The van der Waals surface area contributed by atoms with Crippen LogP contribution in [-0.4, -0.2) is 36.1 Å². The Bertz CT molecular complexity index is 263. The minimum atomic E-state index is 0.503. The minimum Gasteiger partial charge on any atom is -0.312 e. The molecule has 2 rings (SSSR count). The van der Waals surface area contributed by atoms with E-state index >= 15 is 0 Å². The molecule has 0 aromatic carbocycles. The summed E-state index contributed by atoms with van der Waals surface area (Å²) >= 11 is 0. The van der Waals surface area contributed by atoms with Crippen molar-refractivity contribution in [2.24, 2.45) is 5.92 Å². The average molecular weight is 280 g/mol. The third-order valence-corrected chi connectivity index (χ3v) is 5.58. The van der Waals surface area contributed by atoms with Gasteiger partial charge in [-0.15, -0.1) is 0 Å². The molecule has 0 bridgehead atoms. The summed E-state index contributed by atoms with van der Waals surface area (Å²) in [6, 6.07) is 0.729. The lowest BCUT2D eigenvalue weighted by Crippen LogP contribution is -2.59. The fourth-order valence-corrected chi connectivity index (χ4v) is 4.57. The maximum atomic E-state index is 3.87. The van der Waals surface area contributed by atoms with Gasteiger partial charge in [0.1, 0.15) is 0 Å². The van der Waals surface area contributed by atoms with Crippen LogP contribution in [0.25, 0.3) is 0 Å². The zero-order valence-electron chi connectivity index (χ0n) is 14.1. The van der Waals surface area contributed by atoms with E-state index in [1.54, 1.807) is 0 Å². The van der Waals surface area contributed by atoms with E-state index in [1.807, 2.05) is 0 Å². The van der Waals surface area contributed by atoms with Crippen molar-refractivity contribution in [1.29, 1.82) is 0 Å². The summed E-state index contributed by atoms with van der Waals surface area (Å²) in [6.45, 7) is 10.8. The standard InChI is InChI=1S/C18H36N2/c1-4-19-17(11-9-10-16(2)3)18(12-5-6-13-18)20-14-7-8-15-20/h16-17,19H,4-15H2,1-3H3. The fourth-order valence-electron chi connectivity index (χ4n) is 4.57. The number of likely N-dealkylation sites (tertiary alicyclic amines) is 1. The van der Waals surface area contributed by atoms with Gasteiger partial charge in [0, 0.05) is 11.6 Å². The van der Waals surface area contributed by atoms with Gasteiger partial charge >= 0.3 is 0 Å². The van der Waals surface area contributed by atoms with Crippen LogP contribution in [0.1, 0.15) is 78.6 Å². The highest BCUT2D eigenvalue weighted by atomic mass is 15.2. The highest BCUT2D eigenvalue weighted by molar-refractivity contribution is 5.04. The van der Waals surface area contributed by atoms with Crippen molar-refractivity contribution < 1.29 is 0 Å². The van der Waals surface area contributed by atoms with Crippen LogP contribution >= 0.6 is 0 Å². The normalized spacial score (nSPS) is 24.6. The van der Waals surface area contributed by atoms with Gasteiger partial charge in [0.2, 0.25) is 0 Å². The monoisotopic (exact) mass is 280 g/mol. The molecule has 0 amide bonds. The first-order valence-electron chi connectivity index (χ1n) is 9.17. The van der Waals surface area contributed by atoms with E-state index in [4.69, 9.17) is 0 Å². The number of nitrogens with one attached hydrogen (secondary N) is 1. The number of rotatable bonds is 8. The Kier molecular flexibility index (Phi) is 6.35. The lowest BCUT2D eigenvalue weighted by atomic mass is 9.82. The number of nitrogens with zero attached hydrogens (tertiary/aromatic N) is 1. The van der Waals surface area contributed by atoms with Gasteiger partial charge in [0.25, 0.3) is 0 Å². The topological polar surface area (TPSA) is 15.3 Å². The number of likely N-dealkylation sites (N-methyl/N-ethyl adjacent to an activating group) is 1. The predicted octanol–water partition coefficient (Wildman–Crippen LogP) is 4.20. The maximum absolute atomic E-state index is 3.87.